The molecule has 2 rings (SSSR count). The minimum atomic E-state index is -0.377. The van der Waals surface area contributed by atoms with Crippen LogP contribution in [0, 0.1) is 11.3 Å². The molecule has 2 aromatic rings. The second-order valence-electron chi connectivity index (χ2n) is 5.15. The van der Waals surface area contributed by atoms with Crippen molar-refractivity contribution in [3.05, 3.63) is 65.2 Å². The number of carbonyl (C=O) groups is 2. The molecule has 0 atom stereocenters. The minimum Gasteiger partial charge on any atom is -0.462 e. The number of hydrogen-bond acceptors (Lipinski definition) is 5. The largest absolute Gasteiger partial charge is 0.462 e. The van der Waals surface area contributed by atoms with E-state index in [0.29, 0.717) is 34.9 Å². The van der Waals surface area contributed by atoms with Gasteiger partial charge in [0.25, 0.3) is 0 Å². The highest BCUT2D eigenvalue weighted by molar-refractivity contribution is 7.99. The summed E-state index contributed by atoms with van der Waals surface area (Å²) >= 11 is 1.49. The Bertz CT molecular complexity index is 765. The first-order valence-electron chi connectivity index (χ1n) is 7.76. The molecule has 0 aromatic heterocycles. The van der Waals surface area contributed by atoms with Crippen molar-refractivity contribution in [3.8, 4) is 6.07 Å². The zero-order valence-electron chi connectivity index (χ0n) is 13.8. The van der Waals surface area contributed by atoms with Crippen molar-refractivity contribution in [2.75, 3.05) is 17.7 Å². The maximum atomic E-state index is 12.0. The molecule has 0 saturated carbocycles. The van der Waals surface area contributed by atoms with E-state index >= 15 is 0 Å². The van der Waals surface area contributed by atoms with E-state index in [0.717, 1.165) is 5.56 Å². The van der Waals surface area contributed by atoms with Gasteiger partial charge in [-0.1, -0.05) is 12.1 Å². The highest BCUT2D eigenvalue weighted by atomic mass is 32.2. The summed E-state index contributed by atoms with van der Waals surface area (Å²) in [5.74, 6) is 0.529. The summed E-state index contributed by atoms with van der Waals surface area (Å²) in [7, 11) is 0. The van der Waals surface area contributed by atoms with Crippen molar-refractivity contribution >= 4 is 29.3 Å². The van der Waals surface area contributed by atoms with Crippen LogP contribution in [0.5, 0.6) is 0 Å². The molecule has 0 unspecified atom stereocenters. The van der Waals surface area contributed by atoms with Crippen LogP contribution in [0.2, 0.25) is 0 Å². The van der Waals surface area contributed by atoms with E-state index in [-0.39, 0.29) is 11.9 Å². The average Bonchev–Trinajstić information content (AvgIpc) is 2.63. The Morgan fingerprint density at radius 2 is 1.80 bits per heavy atom. The Labute approximate surface area is 151 Å². The number of hydrogen-bond donors (Lipinski definition) is 1. The molecular weight excluding hydrogens is 336 g/mol. The molecule has 0 fully saturated rings. The third kappa shape index (κ3) is 5.98. The van der Waals surface area contributed by atoms with Gasteiger partial charge >= 0.3 is 5.97 Å². The summed E-state index contributed by atoms with van der Waals surface area (Å²) in [6.07, 6.45) is 0. The molecule has 1 N–H and O–H groups in total. The zero-order valence-corrected chi connectivity index (χ0v) is 14.6. The first kappa shape index (κ1) is 18.6. The Hall–Kier alpha value is -2.78. The van der Waals surface area contributed by atoms with Crippen LogP contribution in [-0.4, -0.2) is 24.2 Å². The molecule has 0 heterocycles. The van der Waals surface area contributed by atoms with E-state index in [1.54, 1.807) is 43.3 Å². The quantitative estimate of drug-likeness (QED) is 0.769. The summed E-state index contributed by atoms with van der Waals surface area (Å²) in [5, 5.41) is 11.5. The Kier molecular flexibility index (Phi) is 7.05. The van der Waals surface area contributed by atoms with Gasteiger partial charge in [-0.25, -0.2) is 4.79 Å². The maximum absolute atomic E-state index is 12.0. The summed E-state index contributed by atoms with van der Waals surface area (Å²) in [6.45, 7) is 2.08. The van der Waals surface area contributed by atoms with Crippen LogP contribution in [0.25, 0.3) is 0 Å². The van der Waals surface area contributed by atoms with Crippen molar-refractivity contribution in [2.24, 2.45) is 0 Å². The van der Waals surface area contributed by atoms with Gasteiger partial charge in [0.1, 0.15) is 0 Å². The van der Waals surface area contributed by atoms with Gasteiger partial charge in [0, 0.05) is 11.4 Å². The predicted molar refractivity (Wildman–Crippen MR) is 98.3 cm³/mol. The van der Waals surface area contributed by atoms with E-state index in [4.69, 9.17) is 10.00 Å². The molecule has 0 aliphatic carbocycles. The third-order valence-corrected chi connectivity index (χ3v) is 4.27. The van der Waals surface area contributed by atoms with E-state index in [1.165, 1.54) is 11.8 Å². The van der Waals surface area contributed by atoms with Gasteiger partial charge in [0.2, 0.25) is 5.91 Å². The highest BCUT2D eigenvalue weighted by Crippen LogP contribution is 2.15. The lowest BCUT2D eigenvalue weighted by Gasteiger charge is -2.07. The van der Waals surface area contributed by atoms with E-state index in [1.807, 2.05) is 12.1 Å². The first-order chi connectivity index (χ1) is 12.1. The number of esters is 1. The summed E-state index contributed by atoms with van der Waals surface area (Å²) in [5.41, 5.74) is 2.78. The predicted octanol–water partition coefficient (Wildman–Crippen LogP) is 3.61. The lowest BCUT2D eigenvalue weighted by molar-refractivity contribution is -0.113. The lowest BCUT2D eigenvalue weighted by Crippen LogP contribution is -2.14. The molecular formula is C19H18N2O3S. The fraction of sp³-hybridized carbons (Fsp3) is 0.211. The number of ether oxygens (including phenoxy) is 1. The summed E-state index contributed by atoms with van der Waals surface area (Å²) in [6, 6.07) is 16.0. The number of amides is 1. The number of thioether (sulfide) groups is 1. The van der Waals surface area contributed by atoms with Crippen LogP contribution in [0.15, 0.2) is 48.5 Å². The number of nitriles is 1. The molecule has 0 bridgehead atoms. The van der Waals surface area contributed by atoms with Crippen molar-refractivity contribution in [1.82, 2.24) is 0 Å². The summed E-state index contributed by atoms with van der Waals surface area (Å²) in [4.78, 5) is 23.5. The smallest absolute Gasteiger partial charge is 0.338 e. The number of nitrogens with zero attached hydrogens (tertiary/aromatic N) is 1. The topological polar surface area (TPSA) is 79.2 Å². The average molecular weight is 354 g/mol. The number of benzene rings is 2. The molecule has 128 valence electrons. The Morgan fingerprint density at radius 3 is 2.40 bits per heavy atom. The SMILES string of the molecule is CCOC(=O)c1ccc(NC(=O)CSCc2ccc(C#N)cc2)cc1. The number of anilines is 1. The van der Waals surface area contributed by atoms with Crippen molar-refractivity contribution in [2.45, 2.75) is 12.7 Å². The molecule has 0 aliphatic rings. The molecule has 0 aliphatic heterocycles. The van der Waals surface area contributed by atoms with Gasteiger partial charge in [0.15, 0.2) is 0 Å². The lowest BCUT2D eigenvalue weighted by atomic mass is 10.2. The van der Waals surface area contributed by atoms with Crippen molar-refractivity contribution in [3.63, 3.8) is 0 Å². The highest BCUT2D eigenvalue weighted by Gasteiger charge is 2.07. The summed E-state index contributed by atoms with van der Waals surface area (Å²) < 4.78 is 4.91. The normalized spacial score (nSPS) is 9.92. The monoisotopic (exact) mass is 354 g/mol. The number of rotatable bonds is 7. The van der Waals surface area contributed by atoms with E-state index in [9.17, 15) is 9.59 Å². The van der Waals surface area contributed by atoms with E-state index < -0.39 is 0 Å². The number of nitrogens with one attached hydrogen (secondary N) is 1. The van der Waals surface area contributed by atoms with Gasteiger partial charge < -0.3 is 10.1 Å². The second-order valence-corrected chi connectivity index (χ2v) is 6.13. The molecule has 25 heavy (non-hydrogen) atoms. The van der Waals surface area contributed by atoms with Gasteiger partial charge in [0.05, 0.1) is 29.6 Å². The van der Waals surface area contributed by atoms with Crippen LogP contribution in [0.4, 0.5) is 5.69 Å². The zero-order chi connectivity index (χ0) is 18.1. The Balaban J connectivity index is 1.77. The molecule has 1 amide bonds. The van der Waals surface area contributed by atoms with Crippen LogP contribution >= 0.6 is 11.8 Å². The number of carbonyl (C=O) groups excluding carboxylic acids is 2. The molecule has 0 spiro atoms. The first-order valence-corrected chi connectivity index (χ1v) is 8.91. The van der Waals surface area contributed by atoms with E-state index in [2.05, 4.69) is 11.4 Å². The second kappa shape index (κ2) is 9.50. The van der Waals surface area contributed by atoms with Gasteiger partial charge in [-0.05, 0) is 48.9 Å². The molecule has 6 heteroatoms. The van der Waals surface area contributed by atoms with Gasteiger partial charge in [-0.2, -0.15) is 5.26 Å². The van der Waals surface area contributed by atoms with Crippen LogP contribution in [0.3, 0.4) is 0 Å². The standard InChI is InChI=1S/C19H18N2O3S/c1-2-24-19(23)16-7-9-17(10-8-16)21-18(22)13-25-12-15-5-3-14(11-20)4-6-15/h3-10H,2,12-13H2,1H3,(H,21,22). The minimum absolute atomic E-state index is 0.109. The molecule has 5 nitrogen and oxygen atoms in total. The fourth-order valence-electron chi connectivity index (χ4n) is 2.04. The fourth-order valence-corrected chi connectivity index (χ4v) is 2.83. The molecule has 2 aromatic carbocycles. The Morgan fingerprint density at radius 1 is 1.12 bits per heavy atom. The third-order valence-electron chi connectivity index (χ3n) is 3.26. The maximum Gasteiger partial charge on any atom is 0.338 e. The molecule has 0 radical (unpaired) electrons. The van der Waals surface area contributed by atoms with Crippen molar-refractivity contribution < 1.29 is 14.3 Å². The van der Waals surface area contributed by atoms with Crippen LogP contribution in [0.1, 0.15) is 28.4 Å². The van der Waals surface area contributed by atoms with Crippen LogP contribution in [-0.2, 0) is 15.3 Å². The van der Waals surface area contributed by atoms with Gasteiger partial charge in [-0.15, -0.1) is 11.8 Å². The molecule has 0 saturated heterocycles. The van der Waals surface area contributed by atoms with Crippen molar-refractivity contribution in [1.29, 1.82) is 5.26 Å². The van der Waals surface area contributed by atoms with Crippen LogP contribution < -0.4 is 5.32 Å². The van der Waals surface area contributed by atoms with Gasteiger partial charge in [-0.3, -0.25) is 4.79 Å².